The summed E-state index contributed by atoms with van der Waals surface area (Å²) in [6, 6.07) is 8.41. The van der Waals surface area contributed by atoms with Crippen molar-refractivity contribution in [2.24, 2.45) is 5.92 Å². The van der Waals surface area contributed by atoms with Crippen molar-refractivity contribution in [3.05, 3.63) is 47.4 Å². The maximum absolute atomic E-state index is 13.9. The van der Waals surface area contributed by atoms with Crippen molar-refractivity contribution in [2.45, 2.75) is 38.2 Å². The van der Waals surface area contributed by atoms with Crippen molar-refractivity contribution >= 4 is 40.8 Å². The number of benzene rings is 1. The Kier molecular flexibility index (Phi) is 6.34. The van der Waals surface area contributed by atoms with E-state index in [1.54, 1.807) is 29.3 Å². The van der Waals surface area contributed by atoms with Crippen molar-refractivity contribution in [1.82, 2.24) is 20.0 Å². The highest BCUT2D eigenvalue weighted by molar-refractivity contribution is 7.15. The molecular formula is C21H24ClFN6O2S. The number of halogens is 2. The molecule has 0 atom stereocenters. The van der Waals surface area contributed by atoms with Crippen molar-refractivity contribution in [3.8, 4) is 5.69 Å². The van der Waals surface area contributed by atoms with Gasteiger partial charge in [-0.3, -0.25) is 0 Å². The number of aryl methyl sites for hydroxylation is 1. The van der Waals surface area contributed by atoms with Crippen molar-refractivity contribution in [2.75, 3.05) is 23.3 Å². The largest absolute Gasteiger partial charge is 0.441 e. The van der Waals surface area contributed by atoms with E-state index < -0.39 is 5.60 Å². The van der Waals surface area contributed by atoms with E-state index in [9.17, 15) is 9.18 Å². The number of hydrogen-bond donors (Lipinski definition) is 1. The third-order valence-corrected chi connectivity index (χ3v) is 6.86. The number of carbonyl (C=O) groups is 1. The average molecular weight is 479 g/mol. The number of para-hydroxylation sites is 1. The van der Waals surface area contributed by atoms with Crippen LogP contribution in [-0.4, -0.2) is 44.8 Å². The lowest BCUT2D eigenvalue weighted by molar-refractivity contribution is 0.0148. The second kappa shape index (κ2) is 9.03. The second-order valence-electron chi connectivity index (χ2n) is 8.16. The number of carbonyl (C=O) groups excluding carboxylic acids is 1. The number of hydrogen-bond acceptors (Lipinski definition) is 7. The fourth-order valence-electron chi connectivity index (χ4n) is 4.27. The summed E-state index contributed by atoms with van der Waals surface area (Å²) in [5.41, 5.74) is -0.00655. The second-order valence-corrected chi connectivity index (χ2v) is 9.32. The molecule has 0 bridgehead atoms. The fraction of sp³-hybridized carbons (Fsp3) is 0.429. The summed E-state index contributed by atoms with van der Waals surface area (Å²) in [7, 11) is 0. The fourth-order valence-corrected chi connectivity index (χ4v) is 4.95. The molecular weight excluding hydrogens is 455 g/mol. The van der Waals surface area contributed by atoms with Crippen LogP contribution in [0.5, 0.6) is 0 Å². The average Bonchev–Trinajstić information content (AvgIpc) is 3.48. The molecule has 3 heterocycles. The molecule has 8 nitrogen and oxygen atoms in total. The topological polar surface area (TPSA) is 85.2 Å². The molecule has 2 aromatic heterocycles. The first kappa shape index (κ1) is 22.5. The SMILES string of the molecule is Cc1nnc(N2C[C@]3(CC[C@@H](CNc4ccn(-c5ccccc5F)n4)CC3)OC2=O)s1.Cl. The van der Waals surface area contributed by atoms with Gasteiger partial charge in [0.05, 0.1) is 6.54 Å². The lowest BCUT2D eigenvalue weighted by Gasteiger charge is -2.35. The summed E-state index contributed by atoms with van der Waals surface area (Å²) in [5, 5.41) is 17.3. The number of rotatable bonds is 5. The lowest BCUT2D eigenvalue weighted by Crippen LogP contribution is -2.39. The normalized spacial score (nSPS) is 22.6. The molecule has 2 aliphatic rings. The van der Waals surface area contributed by atoms with E-state index in [1.165, 1.54) is 22.1 Å². The zero-order valence-electron chi connectivity index (χ0n) is 17.5. The summed E-state index contributed by atoms with van der Waals surface area (Å²) in [5.74, 6) is 0.869. The number of amides is 1. The van der Waals surface area contributed by atoms with Gasteiger partial charge in [0.15, 0.2) is 0 Å². The molecule has 32 heavy (non-hydrogen) atoms. The van der Waals surface area contributed by atoms with Crippen LogP contribution in [0.1, 0.15) is 30.7 Å². The Morgan fingerprint density at radius 3 is 2.75 bits per heavy atom. The van der Waals surface area contributed by atoms with E-state index in [2.05, 4.69) is 20.6 Å². The van der Waals surface area contributed by atoms with Crippen LogP contribution in [-0.2, 0) is 4.74 Å². The molecule has 11 heteroatoms. The molecule has 1 spiro atoms. The third kappa shape index (κ3) is 4.42. The maximum atomic E-state index is 13.9. The Labute approximate surface area is 195 Å². The molecule has 1 aromatic carbocycles. The van der Waals surface area contributed by atoms with Gasteiger partial charge in [-0.15, -0.1) is 22.6 Å². The molecule has 1 N–H and O–H groups in total. The molecule has 1 saturated carbocycles. The molecule has 1 aliphatic carbocycles. The summed E-state index contributed by atoms with van der Waals surface area (Å²) in [6.45, 7) is 3.18. The molecule has 1 amide bonds. The predicted octanol–water partition coefficient (Wildman–Crippen LogP) is 4.59. The molecule has 3 aromatic rings. The molecule has 0 unspecified atom stereocenters. The van der Waals surface area contributed by atoms with Gasteiger partial charge < -0.3 is 10.1 Å². The first-order chi connectivity index (χ1) is 15.0. The highest BCUT2D eigenvalue weighted by atomic mass is 35.5. The van der Waals surface area contributed by atoms with Gasteiger partial charge in [0.1, 0.15) is 27.9 Å². The number of nitrogens with zero attached hydrogens (tertiary/aromatic N) is 5. The number of ether oxygens (including phenoxy) is 1. The molecule has 0 radical (unpaired) electrons. The summed E-state index contributed by atoms with van der Waals surface area (Å²) >= 11 is 1.40. The number of nitrogens with one attached hydrogen (secondary N) is 1. The van der Waals surface area contributed by atoms with Gasteiger partial charge in [-0.2, -0.15) is 5.10 Å². The van der Waals surface area contributed by atoms with E-state index in [4.69, 9.17) is 4.74 Å². The lowest BCUT2D eigenvalue weighted by atomic mass is 9.78. The highest BCUT2D eigenvalue weighted by Gasteiger charge is 2.48. The van der Waals surface area contributed by atoms with Crippen LogP contribution in [0.25, 0.3) is 5.69 Å². The van der Waals surface area contributed by atoms with Gasteiger partial charge in [0.25, 0.3) is 0 Å². The molecule has 1 saturated heterocycles. The van der Waals surface area contributed by atoms with E-state index in [0.717, 1.165) is 37.2 Å². The van der Waals surface area contributed by atoms with Gasteiger partial charge in [-0.1, -0.05) is 23.5 Å². The highest BCUT2D eigenvalue weighted by Crippen LogP contribution is 2.41. The smallest absolute Gasteiger partial charge is 0.416 e. The van der Waals surface area contributed by atoms with Gasteiger partial charge in [-0.25, -0.2) is 18.8 Å². The van der Waals surface area contributed by atoms with Crippen LogP contribution in [0.4, 0.5) is 20.1 Å². The predicted molar refractivity (Wildman–Crippen MR) is 122 cm³/mol. The van der Waals surface area contributed by atoms with Crippen LogP contribution in [0.15, 0.2) is 36.5 Å². The Balaban J connectivity index is 0.00000245. The summed E-state index contributed by atoms with van der Waals surface area (Å²) < 4.78 is 21.3. The Bertz CT molecular complexity index is 1100. The number of anilines is 2. The van der Waals surface area contributed by atoms with E-state index in [1.807, 2.05) is 13.0 Å². The standard InChI is InChI=1S/C21H23FN6O2S.ClH/c1-14-24-25-19(31-14)27-13-21(30-20(27)29)9-6-15(7-10-21)12-23-18-8-11-28(26-18)17-5-3-2-4-16(17)22;/h2-5,8,11,15H,6-7,9-10,12-13H2,1H3,(H,23,26);1H/t15-,21-;. The van der Waals surface area contributed by atoms with Gasteiger partial charge in [0, 0.05) is 18.8 Å². The van der Waals surface area contributed by atoms with E-state index >= 15 is 0 Å². The molecule has 170 valence electrons. The van der Waals surface area contributed by atoms with Crippen molar-refractivity contribution < 1.29 is 13.9 Å². The van der Waals surface area contributed by atoms with Gasteiger partial charge >= 0.3 is 6.09 Å². The van der Waals surface area contributed by atoms with E-state index in [0.29, 0.717) is 29.1 Å². The quantitative estimate of drug-likeness (QED) is 0.577. The maximum Gasteiger partial charge on any atom is 0.416 e. The zero-order valence-corrected chi connectivity index (χ0v) is 19.2. The van der Waals surface area contributed by atoms with E-state index in [-0.39, 0.29) is 24.3 Å². The first-order valence-corrected chi connectivity index (χ1v) is 11.2. The monoisotopic (exact) mass is 478 g/mol. The third-order valence-electron chi connectivity index (χ3n) is 5.99. The van der Waals surface area contributed by atoms with Crippen LogP contribution in [0, 0.1) is 18.7 Å². The van der Waals surface area contributed by atoms with Crippen LogP contribution < -0.4 is 10.2 Å². The van der Waals surface area contributed by atoms with Crippen LogP contribution in [0.2, 0.25) is 0 Å². The first-order valence-electron chi connectivity index (χ1n) is 10.4. The summed E-state index contributed by atoms with van der Waals surface area (Å²) in [4.78, 5) is 14.0. The van der Waals surface area contributed by atoms with Crippen LogP contribution >= 0.6 is 23.7 Å². The van der Waals surface area contributed by atoms with Crippen molar-refractivity contribution in [1.29, 1.82) is 0 Å². The van der Waals surface area contributed by atoms with Gasteiger partial charge in [-0.05, 0) is 50.7 Å². The van der Waals surface area contributed by atoms with Crippen LogP contribution in [0.3, 0.4) is 0 Å². The minimum absolute atomic E-state index is 0. The molecule has 5 rings (SSSR count). The Morgan fingerprint density at radius 2 is 2.03 bits per heavy atom. The molecule has 1 aliphatic heterocycles. The Morgan fingerprint density at radius 1 is 1.25 bits per heavy atom. The van der Waals surface area contributed by atoms with Gasteiger partial charge in [0.2, 0.25) is 5.13 Å². The van der Waals surface area contributed by atoms with Crippen molar-refractivity contribution in [3.63, 3.8) is 0 Å². The number of aromatic nitrogens is 4. The molecule has 2 fully saturated rings. The Hall–Kier alpha value is -2.72. The zero-order chi connectivity index (χ0) is 21.4. The minimum Gasteiger partial charge on any atom is -0.441 e. The minimum atomic E-state index is -0.431. The summed E-state index contributed by atoms with van der Waals surface area (Å²) in [6.07, 6.45) is 4.98.